The Balaban J connectivity index is 1.97. The first-order chi connectivity index (χ1) is 7.83. The van der Waals surface area contributed by atoms with Gasteiger partial charge in [-0.1, -0.05) is 18.0 Å². The van der Waals surface area contributed by atoms with Gasteiger partial charge in [0.25, 0.3) is 0 Å². The molecule has 3 rings (SSSR count). The first-order valence-electron chi connectivity index (χ1n) is 5.59. The number of imidazole rings is 1. The minimum absolute atomic E-state index is 0.576. The first-order valence-corrected chi connectivity index (χ1v) is 7.01. The second kappa shape index (κ2) is 4.30. The number of nitrogens with zero attached hydrogens (tertiary/aromatic N) is 2. The molecule has 0 N–H and O–H groups in total. The summed E-state index contributed by atoms with van der Waals surface area (Å²) in [4.78, 5) is 4.66. The minimum Gasteiger partial charge on any atom is -0.305 e. The van der Waals surface area contributed by atoms with Gasteiger partial charge in [-0.15, -0.1) is 0 Å². The van der Waals surface area contributed by atoms with Gasteiger partial charge in [0.15, 0.2) is 0 Å². The second-order valence-corrected chi connectivity index (χ2v) is 5.88. The van der Waals surface area contributed by atoms with Crippen LogP contribution in [0, 0.1) is 0 Å². The van der Waals surface area contributed by atoms with Crippen molar-refractivity contribution in [2.45, 2.75) is 24.5 Å². The monoisotopic (exact) mass is 252 g/mol. The number of halogens is 1. The third-order valence-corrected chi connectivity index (χ3v) is 4.57. The lowest BCUT2D eigenvalue weighted by molar-refractivity contribution is 0.678. The second-order valence-electron chi connectivity index (χ2n) is 4.13. The van der Waals surface area contributed by atoms with Crippen LogP contribution in [0.3, 0.4) is 0 Å². The maximum absolute atomic E-state index is 5.96. The van der Waals surface area contributed by atoms with Crippen LogP contribution in [-0.4, -0.2) is 15.1 Å². The number of rotatable bonds is 1. The Hall–Kier alpha value is -0.670. The van der Waals surface area contributed by atoms with Gasteiger partial charge in [-0.05, 0) is 30.7 Å². The van der Waals surface area contributed by atoms with E-state index in [0.29, 0.717) is 5.25 Å². The van der Waals surface area contributed by atoms with Gasteiger partial charge in [-0.2, -0.15) is 11.8 Å². The number of hydrogen-bond donors (Lipinski definition) is 0. The van der Waals surface area contributed by atoms with Crippen LogP contribution in [0.25, 0.3) is 5.65 Å². The molecule has 2 aromatic rings. The fourth-order valence-electron chi connectivity index (χ4n) is 2.11. The number of fused-ring (bicyclic) bond motifs is 1. The molecule has 84 valence electrons. The van der Waals surface area contributed by atoms with E-state index >= 15 is 0 Å². The van der Waals surface area contributed by atoms with Crippen LogP contribution in [0.2, 0.25) is 5.02 Å². The number of pyridine rings is 1. The van der Waals surface area contributed by atoms with Crippen LogP contribution in [0.5, 0.6) is 0 Å². The molecule has 1 fully saturated rings. The van der Waals surface area contributed by atoms with Crippen LogP contribution in [0.15, 0.2) is 24.5 Å². The average Bonchev–Trinajstić information content (AvgIpc) is 2.73. The highest BCUT2D eigenvalue weighted by atomic mass is 35.5. The van der Waals surface area contributed by atoms with E-state index in [0.717, 1.165) is 10.7 Å². The predicted octanol–water partition coefficient (Wildman–Crippen LogP) is 3.95. The largest absolute Gasteiger partial charge is 0.305 e. The number of thioether (sulfide) groups is 1. The van der Waals surface area contributed by atoms with Crippen LogP contribution in [0.1, 0.15) is 30.2 Å². The zero-order valence-electron chi connectivity index (χ0n) is 8.90. The van der Waals surface area contributed by atoms with Crippen molar-refractivity contribution in [3.8, 4) is 0 Å². The molecule has 0 saturated carbocycles. The van der Waals surface area contributed by atoms with Crippen LogP contribution in [0.4, 0.5) is 0 Å². The lowest BCUT2D eigenvalue weighted by Crippen LogP contribution is -2.02. The molecular weight excluding hydrogens is 240 g/mol. The van der Waals surface area contributed by atoms with Crippen LogP contribution in [-0.2, 0) is 0 Å². The zero-order chi connectivity index (χ0) is 11.0. The molecule has 2 aromatic heterocycles. The van der Waals surface area contributed by atoms with E-state index in [1.54, 1.807) is 0 Å². The Labute approximate surface area is 104 Å². The summed E-state index contributed by atoms with van der Waals surface area (Å²) in [6.45, 7) is 0. The highest BCUT2D eigenvalue weighted by Crippen LogP contribution is 2.37. The van der Waals surface area contributed by atoms with Crippen molar-refractivity contribution in [2.24, 2.45) is 0 Å². The summed E-state index contributed by atoms with van der Waals surface area (Å²) in [6.07, 6.45) is 7.96. The Morgan fingerprint density at radius 2 is 2.25 bits per heavy atom. The summed E-state index contributed by atoms with van der Waals surface area (Å²) in [6, 6.07) is 3.86. The van der Waals surface area contributed by atoms with Crippen molar-refractivity contribution >= 4 is 29.0 Å². The highest BCUT2D eigenvalue weighted by molar-refractivity contribution is 7.99. The summed E-state index contributed by atoms with van der Waals surface area (Å²) in [5.41, 5.74) is 2.19. The fourth-order valence-corrected chi connectivity index (χ4v) is 3.55. The van der Waals surface area contributed by atoms with Crippen LogP contribution < -0.4 is 0 Å². The van der Waals surface area contributed by atoms with E-state index in [1.165, 1.54) is 30.7 Å². The van der Waals surface area contributed by atoms with Crippen molar-refractivity contribution in [3.63, 3.8) is 0 Å². The topological polar surface area (TPSA) is 17.3 Å². The Morgan fingerprint density at radius 3 is 3.06 bits per heavy atom. The molecule has 1 aliphatic rings. The average molecular weight is 253 g/mol. The normalized spacial score (nSPS) is 21.4. The molecule has 0 radical (unpaired) electrons. The lowest BCUT2D eigenvalue weighted by Gasteiger charge is -2.18. The molecule has 0 bridgehead atoms. The van der Waals surface area contributed by atoms with Gasteiger partial charge in [0.05, 0.1) is 10.7 Å². The number of hydrogen-bond acceptors (Lipinski definition) is 2. The minimum atomic E-state index is 0.576. The predicted molar refractivity (Wildman–Crippen MR) is 69.3 cm³/mol. The molecule has 0 spiro atoms. The van der Waals surface area contributed by atoms with Crippen molar-refractivity contribution < 1.29 is 0 Å². The van der Waals surface area contributed by atoms with Gasteiger partial charge < -0.3 is 4.40 Å². The molecule has 4 heteroatoms. The van der Waals surface area contributed by atoms with E-state index < -0.39 is 0 Å². The number of aromatic nitrogens is 2. The molecule has 0 aromatic carbocycles. The van der Waals surface area contributed by atoms with E-state index in [-0.39, 0.29) is 0 Å². The van der Waals surface area contributed by atoms with Gasteiger partial charge in [0.1, 0.15) is 5.65 Å². The SMILES string of the molecule is Clc1ccc2nc(C3CCCCS3)cn2c1. The Morgan fingerprint density at radius 1 is 1.31 bits per heavy atom. The summed E-state index contributed by atoms with van der Waals surface area (Å²) in [5.74, 6) is 1.26. The van der Waals surface area contributed by atoms with Gasteiger partial charge in [0, 0.05) is 17.6 Å². The quantitative estimate of drug-likeness (QED) is 0.765. The molecular formula is C12H13ClN2S. The van der Waals surface area contributed by atoms with Crippen molar-refractivity contribution in [1.29, 1.82) is 0 Å². The van der Waals surface area contributed by atoms with Crippen molar-refractivity contribution in [2.75, 3.05) is 5.75 Å². The molecule has 1 saturated heterocycles. The van der Waals surface area contributed by atoms with Gasteiger partial charge in [0.2, 0.25) is 0 Å². The molecule has 1 atom stereocenters. The van der Waals surface area contributed by atoms with Crippen molar-refractivity contribution in [3.05, 3.63) is 35.2 Å². The standard InChI is InChI=1S/C12H13ClN2S/c13-9-4-5-12-14-10(8-15(12)7-9)11-3-1-2-6-16-11/h4-5,7-8,11H,1-3,6H2. The van der Waals surface area contributed by atoms with E-state index in [1.807, 2.05) is 34.5 Å². The zero-order valence-corrected chi connectivity index (χ0v) is 10.5. The molecule has 0 amide bonds. The molecule has 2 nitrogen and oxygen atoms in total. The van der Waals surface area contributed by atoms with Crippen LogP contribution >= 0.6 is 23.4 Å². The third kappa shape index (κ3) is 1.94. The smallest absolute Gasteiger partial charge is 0.137 e. The first kappa shape index (κ1) is 10.5. The highest BCUT2D eigenvalue weighted by Gasteiger charge is 2.18. The molecule has 3 heterocycles. The fraction of sp³-hybridized carbons (Fsp3) is 0.417. The summed E-state index contributed by atoms with van der Waals surface area (Å²) >= 11 is 7.99. The summed E-state index contributed by atoms with van der Waals surface area (Å²) < 4.78 is 2.02. The summed E-state index contributed by atoms with van der Waals surface area (Å²) in [7, 11) is 0. The molecule has 16 heavy (non-hydrogen) atoms. The Bertz CT molecular complexity index is 503. The summed E-state index contributed by atoms with van der Waals surface area (Å²) in [5, 5.41) is 1.33. The van der Waals surface area contributed by atoms with E-state index in [4.69, 9.17) is 11.6 Å². The molecule has 1 unspecified atom stereocenters. The molecule has 1 aliphatic heterocycles. The molecule has 0 aliphatic carbocycles. The van der Waals surface area contributed by atoms with Crippen molar-refractivity contribution in [1.82, 2.24) is 9.38 Å². The maximum Gasteiger partial charge on any atom is 0.137 e. The lowest BCUT2D eigenvalue weighted by atomic mass is 10.1. The van der Waals surface area contributed by atoms with E-state index in [2.05, 4.69) is 11.2 Å². The third-order valence-electron chi connectivity index (χ3n) is 2.94. The maximum atomic E-state index is 5.96. The van der Waals surface area contributed by atoms with E-state index in [9.17, 15) is 0 Å². The Kier molecular flexibility index (Phi) is 2.82. The van der Waals surface area contributed by atoms with Gasteiger partial charge >= 0.3 is 0 Å². The van der Waals surface area contributed by atoms with Gasteiger partial charge in [-0.3, -0.25) is 0 Å². The van der Waals surface area contributed by atoms with Gasteiger partial charge in [-0.25, -0.2) is 4.98 Å².